The molecule has 3 heterocycles. The summed E-state index contributed by atoms with van der Waals surface area (Å²) in [6, 6.07) is 1.73. The Balaban J connectivity index is 1.71. The number of aliphatic hydroxyl groups excluding tert-OH is 2. The summed E-state index contributed by atoms with van der Waals surface area (Å²) in [7, 11) is 2.04. The summed E-state index contributed by atoms with van der Waals surface area (Å²) in [4.78, 5) is 18.4. The van der Waals surface area contributed by atoms with Crippen LogP contribution in [0.3, 0.4) is 0 Å². The lowest BCUT2D eigenvalue weighted by Gasteiger charge is -2.21. The highest BCUT2D eigenvalue weighted by Gasteiger charge is 2.35. The Bertz CT molecular complexity index is 578. The second kappa shape index (κ2) is 6.33. The predicted molar refractivity (Wildman–Crippen MR) is 79.4 cm³/mol. The number of nitrogens with zero attached hydrogens (tertiary/aromatic N) is 3. The van der Waals surface area contributed by atoms with Crippen LogP contribution in [0.1, 0.15) is 25.5 Å². The fraction of sp³-hybridized carbons (Fsp3) is 0.714. The molecule has 2 aliphatic heterocycles. The highest BCUT2D eigenvalue weighted by Crippen LogP contribution is 2.27. The number of aromatic nitrogens is 2. The minimum Gasteiger partial charge on any atom is -0.394 e. The van der Waals surface area contributed by atoms with E-state index in [1.807, 2.05) is 7.05 Å². The molecule has 0 aromatic carbocycles. The van der Waals surface area contributed by atoms with Crippen molar-refractivity contribution in [2.24, 2.45) is 0 Å². The number of ether oxygens (including phenoxy) is 1. The Hall–Kier alpha value is -1.48. The van der Waals surface area contributed by atoms with E-state index in [0.717, 1.165) is 19.4 Å². The molecule has 2 fully saturated rings. The Morgan fingerprint density at radius 2 is 2.36 bits per heavy atom. The molecule has 0 spiro atoms. The summed E-state index contributed by atoms with van der Waals surface area (Å²) in [5.74, 6) is 0.539. The Kier molecular flexibility index (Phi) is 4.44. The fourth-order valence-corrected chi connectivity index (χ4v) is 3.03. The van der Waals surface area contributed by atoms with Crippen LogP contribution >= 0.6 is 0 Å². The van der Waals surface area contributed by atoms with E-state index in [2.05, 4.69) is 15.2 Å². The first-order valence-corrected chi connectivity index (χ1v) is 7.59. The maximum atomic E-state index is 12.2. The molecule has 8 nitrogen and oxygen atoms in total. The molecule has 0 aliphatic carbocycles. The number of rotatable bonds is 4. The van der Waals surface area contributed by atoms with Crippen LogP contribution in [0.2, 0.25) is 0 Å². The van der Waals surface area contributed by atoms with E-state index in [-0.39, 0.29) is 19.2 Å². The van der Waals surface area contributed by atoms with Gasteiger partial charge in [-0.2, -0.15) is 4.98 Å². The van der Waals surface area contributed by atoms with Crippen molar-refractivity contribution in [1.29, 1.82) is 0 Å². The van der Waals surface area contributed by atoms with Crippen LogP contribution in [0, 0.1) is 0 Å². The Morgan fingerprint density at radius 3 is 2.95 bits per heavy atom. The van der Waals surface area contributed by atoms with Crippen LogP contribution < -0.4 is 11.0 Å². The van der Waals surface area contributed by atoms with Crippen molar-refractivity contribution >= 4 is 5.82 Å². The summed E-state index contributed by atoms with van der Waals surface area (Å²) < 4.78 is 6.82. The average molecular weight is 310 g/mol. The van der Waals surface area contributed by atoms with Gasteiger partial charge in [-0.3, -0.25) is 9.47 Å². The number of likely N-dealkylation sites (tertiary alicyclic amines) is 1. The first kappa shape index (κ1) is 15.4. The average Bonchev–Trinajstić information content (AvgIpc) is 3.05. The molecule has 4 atom stereocenters. The maximum Gasteiger partial charge on any atom is 0.351 e. The van der Waals surface area contributed by atoms with E-state index in [4.69, 9.17) is 9.84 Å². The highest BCUT2D eigenvalue weighted by atomic mass is 16.5. The predicted octanol–water partition coefficient (Wildman–Crippen LogP) is -0.652. The second-order valence-electron chi connectivity index (χ2n) is 5.90. The van der Waals surface area contributed by atoms with Gasteiger partial charge in [-0.25, -0.2) is 4.79 Å². The standard InChI is InChI=1S/C14H22N4O4/c1-17-5-2-3-12(17)15-11-4-6-18(14(21)16-11)13-7-9(20)10(8-19)22-13/h4,6,9-10,12-13,19-20H,2-3,5,7-8H2,1H3,(H,15,16,21)/t9-,10+,12?,13+/m0/s1. The van der Waals surface area contributed by atoms with Crippen molar-refractivity contribution < 1.29 is 14.9 Å². The minimum absolute atomic E-state index is 0.200. The first-order chi connectivity index (χ1) is 10.6. The lowest BCUT2D eigenvalue weighted by atomic mass is 10.2. The monoisotopic (exact) mass is 310 g/mol. The molecule has 3 rings (SSSR count). The topological polar surface area (TPSA) is 99.9 Å². The van der Waals surface area contributed by atoms with E-state index in [1.54, 1.807) is 12.3 Å². The molecule has 1 aromatic rings. The largest absolute Gasteiger partial charge is 0.394 e. The third-order valence-corrected chi connectivity index (χ3v) is 4.36. The normalized spacial score (nSPS) is 32.5. The number of nitrogens with one attached hydrogen (secondary N) is 1. The molecule has 0 bridgehead atoms. The van der Waals surface area contributed by atoms with Gasteiger partial charge in [0.2, 0.25) is 0 Å². The van der Waals surface area contributed by atoms with E-state index in [1.165, 1.54) is 4.57 Å². The number of anilines is 1. The van der Waals surface area contributed by atoms with Crippen molar-refractivity contribution in [3.63, 3.8) is 0 Å². The summed E-state index contributed by atoms with van der Waals surface area (Å²) in [5.41, 5.74) is -0.429. The van der Waals surface area contributed by atoms with Gasteiger partial charge in [0.05, 0.1) is 18.9 Å². The molecule has 0 saturated carbocycles. The first-order valence-electron chi connectivity index (χ1n) is 7.59. The quantitative estimate of drug-likeness (QED) is 0.679. The number of hydrogen-bond donors (Lipinski definition) is 3. The highest BCUT2D eigenvalue weighted by molar-refractivity contribution is 5.33. The molecule has 8 heteroatoms. The van der Waals surface area contributed by atoms with Crippen LogP contribution in [0.15, 0.2) is 17.1 Å². The third kappa shape index (κ3) is 3.00. The zero-order chi connectivity index (χ0) is 15.7. The zero-order valence-electron chi connectivity index (χ0n) is 12.6. The number of hydrogen-bond acceptors (Lipinski definition) is 7. The van der Waals surface area contributed by atoms with Crippen LogP contribution in [0.4, 0.5) is 5.82 Å². The number of aliphatic hydroxyl groups is 2. The van der Waals surface area contributed by atoms with Crippen molar-refractivity contribution in [3.8, 4) is 0 Å². The molecule has 2 saturated heterocycles. The van der Waals surface area contributed by atoms with Gasteiger partial charge in [0, 0.05) is 12.6 Å². The van der Waals surface area contributed by atoms with Crippen LogP contribution in [0.25, 0.3) is 0 Å². The minimum atomic E-state index is -0.771. The van der Waals surface area contributed by atoms with Crippen molar-refractivity contribution in [2.45, 2.75) is 43.9 Å². The van der Waals surface area contributed by atoms with E-state index in [0.29, 0.717) is 5.82 Å². The molecule has 3 N–H and O–H groups in total. The fourth-order valence-electron chi connectivity index (χ4n) is 3.03. The molecule has 2 aliphatic rings. The lowest BCUT2D eigenvalue weighted by molar-refractivity contribution is -0.0458. The molecule has 0 amide bonds. The van der Waals surface area contributed by atoms with Gasteiger partial charge in [-0.05, 0) is 32.5 Å². The Labute approximate surface area is 128 Å². The van der Waals surface area contributed by atoms with Crippen molar-refractivity contribution in [3.05, 3.63) is 22.7 Å². The summed E-state index contributed by atoms with van der Waals surface area (Å²) in [6.45, 7) is 0.762. The van der Waals surface area contributed by atoms with Crippen LogP contribution in [-0.4, -0.2) is 63.2 Å². The van der Waals surface area contributed by atoms with Gasteiger partial charge in [0.1, 0.15) is 18.1 Å². The van der Waals surface area contributed by atoms with E-state index >= 15 is 0 Å². The van der Waals surface area contributed by atoms with E-state index in [9.17, 15) is 9.90 Å². The third-order valence-electron chi connectivity index (χ3n) is 4.36. The molecule has 1 unspecified atom stereocenters. The van der Waals surface area contributed by atoms with Gasteiger partial charge < -0.3 is 20.3 Å². The summed E-state index contributed by atoms with van der Waals surface area (Å²) in [5, 5.41) is 22.1. The summed E-state index contributed by atoms with van der Waals surface area (Å²) >= 11 is 0. The van der Waals surface area contributed by atoms with Crippen LogP contribution in [-0.2, 0) is 4.74 Å². The maximum absolute atomic E-state index is 12.2. The van der Waals surface area contributed by atoms with Gasteiger partial charge in [0.25, 0.3) is 0 Å². The smallest absolute Gasteiger partial charge is 0.351 e. The molecular formula is C14H22N4O4. The molecule has 0 radical (unpaired) electrons. The lowest BCUT2D eigenvalue weighted by Crippen LogP contribution is -2.34. The second-order valence-corrected chi connectivity index (χ2v) is 5.90. The molecule has 122 valence electrons. The summed E-state index contributed by atoms with van der Waals surface area (Å²) in [6.07, 6.45) is 2.23. The van der Waals surface area contributed by atoms with Crippen molar-refractivity contribution in [2.75, 3.05) is 25.5 Å². The van der Waals surface area contributed by atoms with Gasteiger partial charge in [-0.15, -0.1) is 0 Å². The molecular weight excluding hydrogens is 288 g/mol. The van der Waals surface area contributed by atoms with E-state index < -0.39 is 24.1 Å². The Morgan fingerprint density at radius 1 is 1.55 bits per heavy atom. The zero-order valence-corrected chi connectivity index (χ0v) is 12.6. The molecule has 22 heavy (non-hydrogen) atoms. The van der Waals surface area contributed by atoms with Gasteiger partial charge in [0.15, 0.2) is 0 Å². The SMILES string of the molecule is CN1CCCC1Nc1ccn([C@H]2C[C@H](O)[C@@H](CO)O2)c(=O)n1. The van der Waals surface area contributed by atoms with Crippen LogP contribution in [0.5, 0.6) is 0 Å². The van der Waals surface area contributed by atoms with Gasteiger partial charge >= 0.3 is 5.69 Å². The molecule has 1 aromatic heterocycles. The van der Waals surface area contributed by atoms with Crippen molar-refractivity contribution in [1.82, 2.24) is 14.5 Å². The van der Waals surface area contributed by atoms with Gasteiger partial charge in [-0.1, -0.05) is 0 Å².